The van der Waals surface area contributed by atoms with Crippen LogP contribution >= 0.6 is 11.6 Å². The Hall–Kier alpha value is -3.11. The van der Waals surface area contributed by atoms with Crippen molar-refractivity contribution in [2.75, 3.05) is 6.54 Å². The number of amides is 3. The monoisotopic (exact) mass is 372 g/mol. The van der Waals surface area contributed by atoms with Gasteiger partial charge in [-0.25, -0.2) is 9.18 Å². The van der Waals surface area contributed by atoms with E-state index in [4.69, 9.17) is 16.9 Å². The molecule has 2 aromatic carbocycles. The van der Waals surface area contributed by atoms with Crippen LogP contribution in [0.25, 0.3) is 0 Å². The fourth-order valence-electron chi connectivity index (χ4n) is 2.66. The predicted molar refractivity (Wildman–Crippen MR) is 92.9 cm³/mol. The van der Waals surface area contributed by atoms with Crippen LogP contribution in [0.1, 0.15) is 22.7 Å². The summed E-state index contributed by atoms with van der Waals surface area (Å²) in [6.45, 7) is 0.176. The molecule has 1 saturated heterocycles. The number of urea groups is 1. The zero-order valence-electron chi connectivity index (χ0n) is 13.4. The second-order valence-electron chi connectivity index (χ2n) is 5.76. The van der Waals surface area contributed by atoms with Gasteiger partial charge in [0.15, 0.2) is 0 Å². The zero-order valence-corrected chi connectivity index (χ0v) is 14.2. The number of carbonyl (C=O) groups is 2. The minimum absolute atomic E-state index is 0.0637. The summed E-state index contributed by atoms with van der Waals surface area (Å²) in [5.74, 6) is -0.953. The van der Waals surface area contributed by atoms with E-state index < -0.39 is 29.8 Å². The third kappa shape index (κ3) is 3.76. The molecule has 1 fully saturated rings. The van der Waals surface area contributed by atoms with Crippen molar-refractivity contribution < 1.29 is 14.0 Å². The van der Waals surface area contributed by atoms with Crippen molar-refractivity contribution in [1.29, 1.82) is 5.26 Å². The van der Waals surface area contributed by atoms with Gasteiger partial charge in [0.1, 0.15) is 11.9 Å². The van der Waals surface area contributed by atoms with E-state index in [-0.39, 0.29) is 11.6 Å². The van der Waals surface area contributed by atoms with Crippen LogP contribution < -0.4 is 16.0 Å². The first kappa shape index (κ1) is 17.7. The molecular weight excluding hydrogens is 359 g/mol. The summed E-state index contributed by atoms with van der Waals surface area (Å²) in [6.07, 6.45) is 0. The van der Waals surface area contributed by atoms with Crippen molar-refractivity contribution >= 4 is 23.5 Å². The molecule has 3 amide bonds. The lowest BCUT2D eigenvalue weighted by molar-refractivity contribution is -0.122. The standard InChI is InChI=1S/C18H14ClFN4O2/c19-13-7-12(5-6-14(13)20)16(11-3-1-10(8-21)2-4-11)24-17(25)15-9-22-18(26)23-15/h1-7,15-16H,9H2,(H,24,25)(H2,22,23,26)/t15-,16+/m1/s1. The summed E-state index contributed by atoms with van der Waals surface area (Å²) in [4.78, 5) is 23.7. The van der Waals surface area contributed by atoms with Gasteiger partial charge in [0.05, 0.1) is 22.7 Å². The third-order valence-corrected chi connectivity index (χ3v) is 4.31. The predicted octanol–water partition coefficient (Wildman–Crippen LogP) is 2.24. The average Bonchev–Trinajstić information content (AvgIpc) is 3.09. The molecule has 0 spiro atoms. The molecule has 0 aliphatic carbocycles. The summed E-state index contributed by atoms with van der Waals surface area (Å²) in [7, 11) is 0. The molecule has 0 saturated carbocycles. The molecule has 3 rings (SSSR count). The van der Waals surface area contributed by atoms with E-state index in [1.807, 2.05) is 6.07 Å². The lowest BCUT2D eigenvalue weighted by Gasteiger charge is -2.22. The second kappa shape index (κ2) is 7.42. The summed E-state index contributed by atoms with van der Waals surface area (Å²) < 4.78 is 13.5. The van der Waals surface area contributed by atoms with Crippen LogP contribution in [-0.4, -0.2) is 24.5 Å². The highest BCUT2D eigenvalue weighted by Crippen LogP contribution is 2.26. The topological polar surface area (TPSA) is 94.0 Å². The Morgan fingerprint density at radius 2 is 1.96 bits per heavy atom. The summed E-state index contributed by atoms with van der Waals surface area (Å²) in [5, 5.41) is 16.7. The van der Waals surface area contributed by atoms with Crippen LogP contribution in [0.15, 0.2) is 42.5 Å². The molecule has 2 atom stereocenters. The van der Waals surface area contributed by atoms with Crippen molar-refractivity contribution in [2.24, 2.45) is 0 Å². The van der Waals surface area contributed by atoms with Crippen LogP contribution in [0.3, 0.4) is 0 Å². The first-order valence-corrected chi connectivity index (χ1v) is 8.15. The number of benzene rings is 2. The Bertz CT molecular complexity index is 895. The van der Waals surface area contributed by atoms with E-state index in [2.05, 4.69) is 16.0 Å². The van der Waals surface area contributed by atoms with E-state index in [0.717, 1.165) is 0 Å². The van der Waals surface area contributed by atoms with Gasteiger partial charge in [0.2, 0.25) is 5.91 Å². The maximum atomic E-state index is 13.5. The van der Waals surface area contributed by atoms with Crippen molar-refractivity contribution in [3.05, 3.63) is 70.0 Å². The van der Waals surface area contributed by atoms with Crippen LogP contribution in [0.4, 0.5) is 9.18 Å². The minimum Gasteiger partial charge on any atom is -0.343 e. The number of carbonyl (C=O) groups excluding carboxylic acids is 2. The van der Waals surface area contributed by atoms with Gasteiger partial charge in [-0.05, 0) is 35.4 Å². The van der Waals surface area contributed by atoms with Crippen LogP contribution in [0.2, 0.25) is 5.02 Å². The zero-order chi connectivity index (χ0) is 18.7. The summed E-state index contributed by atoms with van der Waals surface area (Å²) in [6, 6.07) is 11.1. The number of halogens is 2. The van der Waals surface area contributed by atoms with Gasteiger partial charge in [0.25, 0.3) is 0 Å². The highest BCUT2D eigenvalue weighted by molar-refractivity contribution is 6.30. The smallest absolute Gasteiger partial charge is 0.315 e. The maximum absolute atomic E-state index is 13.5. The van der Waals surface area contributed by atoms with E-state index in [1.54, 1.807) is 24.3 Å². The van der Waals surface area contributed by atoms with Gasteiger partial charge < -0.3 is 16.0 Å². The first-order valence-electron chi connectivity index (χ1n) is 7.77. The number of hydrogen-bond donors (Lipinski definition) is 3. The van der Waals surface area contributed by atoms with Gasteiger partial charge in [-0.15, -0.1) is 0 Å². The highest BCUT2D eigenvalue weighted by atomic mass is 35.5. The van der Waals surface area contributed by atoms with Gasteiger partial charge >= 0.3 is 6.03 Å². The Labute approximate surface area is 154 Å². The molecule has 6 nitrogen and oxygen atoms in total. The molecule has 2 aromatic rings. The second-order valence-corrected chi connectivity index (χ2v) is 6.16. The molecule has 3 N–H and O–H groups in total. The molecule has 1 aliphatic heterocycles. The van der Waals surface area contributed by atoms with Crippen LogP contribution in [0.5, 0.6) is 0 Å². The van der Waals surface area contributed by atoms with E-state index >= 15 is 0 Å². The van der Waals surface area contributed by atoms with Gasteiger partial charge in [-0.2, -0.15) is 5.26 Å². The quantitative estimate of drug-likeness (QED) is 0.768. The Morgan fingerprint density at radius 1 is 1.27 bits per heavy atom. The maximum Gasteiger partial charge on any atom is 0.315 e. The van der Waals surface area contributed by atoms with Gasteiger partial charge in [-0.1, -0.05) is 29.8 Å². The molecule has 0 radical (unpaired) electrons. The van der Waals surface area contributed by atoms with Crippen molar-refractivity contribution in [1.82, 2.24) is 16.0 Å². The SMILES string of the molecule is N#Cc1ccc([C@H](NC(=O)[C@H]2CNC(=O)N2)c2ccc(F)c(Cl)c2)cc1. The largest absolute Gasteiger partial charge is 0.343 e. The number of hydrogen-bond acceptors (Lipinski definition) is 3. The van der Waals surface area contributed by atoms with E-state index in [1.165, 1.54) is 18.2 Å². The number of nitrogens with one attached hydrogen (secondary N) is 3. The third-order valence-electron chi connectivity index (χ3n) is 4.03. The lowest BCUT2D eigenvalue weighted by atomic mass is 9.97. The Morgan fingerprint density at radius 3 is 2.54 bits per heavy atom. The van der Waals surface area contributed by atoms with Crippen molar-refractivity contribution in [3.8, 4) is 6.07 Å². The van der Waals surface area contributed by atoms with Crippen molar-refractivity contribution in [2.45, 2.75) is 12.1 Å². The molecule has 26 heavy (non-hydrogen) atoms. The lowest BCUT2D eigenvalue weighted by Crippen LogP contribution is -2.44. The molecule has 1 aliphatic rings. The molecule has 1 heterocycles. The van der Waals surface area contributed by atoms with E-state index in [0.29, 0.717) is 16.7 Å². The fraction of sp³-hybridized carbons (Fsp3) is 0.167. The Kier molecular flexibility index (Phi) is 5.05. The average molecular weight is 373 g/mol. The minimum atomic E-state index is -0.709. The van der Waals surface area contributed by atoms with Gasteiger partial charge in [0, 0.05) is 6.54 Å². The summed E-state index contributed by atoms with van der Waals surface area (Å²) in [5.41, 5.74) is 1.74. The molecule has 0 unspecified atom stereocenters. The fourth-order valence-corrected chi connectivity index (χ4v) is 2.85. The van der Waals surface area contributed by atoms with Gasteiger partial charge in [-0.3, -0.25) is 4.79 Å². The number of rotatable bonds is 4. The molecule has 0 bridgehead atoms. The van der Waals surface area contributed by atoms with E-state index in [9.17, 15) is 14.0 Å². The molecule has 132 valence electrons. The first-order chi connectivity index (χ1) is 12.5. The van der Waals surface area contributed by atoms with Crippen molar-refractivity contribution in [3.63, 3.8) is 0 Å². The summed E-state index contributed by atoms with van der Waals surface area (Å²) >= 11 is 5.88. The number of nitrogens with zero attached hydrogens (tertiary/aromatic N) is 1. The van der Waals surface area contributed by atoms with Crippen LogP contribution in [0, 0.1) is 17.1 Å². The molecule has 8 heteroatoms. The van der Waals surface area contributed by atoms with Crippen LogP contribution in [-0.2, 0) is 4.79 Å². The molecule has 0 aromatic heterocycles. The molecular formula is C18H14ClFN4O2. The Balaban J connectivity index is 1.92. The number of nitriles is 1. The normalized spacial score (nSPS) is 17.0. The highest BCUT2D eigenvalue weighted by Gasteiger charge is 2.29.